The van der Waals surface area contributed by atoms with E-state index >= 15 is 0 Å². The maximum absolute atomic E-state index is 13.0. The first-order valence-electron chi connectivity index (χ1n) is 30.2. The number of sulfone groups is 1. The molecule has 0 amide bonds. The van der Waals surface area contributed by atoms with E-state index in [0.29, 0.717) is 5.69 Å². The lowest BCUT2D eigenvalue weighted by atomic mass is 9.88. The van der Waals surface area contributed by atoms with Crippen LogP contribution in [0, 0.1) is 18.6 Å². The van der Waals surface area contributed by atoms with Crippen molar-refractivity contribution in [2.24, 2.45) is 7.05 Å². The van der Waals surface area contributed by atoms with E-state index in [1.54, 1.807) is 30.6 Å². The van der Waals surface area contributed by atoms with Crippen LogP contribution in [0.3, 0.4) is 0 Å². The van der Waals surface area contributed by atoms with Crippen molar-refractivity contribution in [2.75, 3.05) is 6.26 Å². The van der Waals surface area contributed by atoms with Crippen LogP contribution in [0.5, 0.6) is 0 Å². The maximum Gasteiger partial charge on any atom is 0.433 e. The summed E-state index contributed by atoms with van der Waals surface area (Å²) >= 11 is 0. The standard InChI is InChI=1S/C10H12F3N.C10H15NO2S.C10H15N.2C9H12FN.C9H13N.C8H14N2.C8H12N2/c1-9(2,3)7-4-5-8(14-6-7)10(11,12)13;1-10(2,3)8-6-5-7-9(11-8)14(4,12)13;1-8-6-5-7-9(11-8)10(2,3)4;1-9(2,3)8-5-4-7(10)6-11-8;1-9(2,3)8-7(10)5-4-6-11-8;1-9(2,3)8-6-4-5-7-10-8;1-8(2,3)7-5-9-10(4)6-7;1-8(2,3)7-5-4-6-9-10-7/h4-6H,1-3H3;5-7H,1-4H3;5-7H,1-4H3;2*4-6H,1-3H3;4-7H,1-3H3;5-6H,1-4H3;4-6H,1-3H3. The molecule has 0 aromatic carbocycles. The van der Waals surface area contributed by atoms with Gasteiger partial charge in [-0.1, -0.05) is 190 Å². The maximum atomic E-state index is 13.0. The van der Waals surface area contributed by atoms with Crippen LogP contribution in [0.15, 0.2) is 152 Å². The van der Waals surface area contributed by atoms with Crippen molar-refractivity contribution in [2.45, 2.75) is 228 Å². The minimum Gasteiger partial charge on any atom is -0.276 e. The number of aryl methyl sites for hydroxylation is 2. The van der Waals surface area contributed by atoms with Gasteiger partial charge in [0.1, 0.15) is 17.3 Å². The van der Waals surface area contributed by atoms with Gasteiger partial charge < -0.3 is 0 Å². The number of hydrogen-bond donors (Lipinski definition) is 0. The van der Waals surface area contributed by atoms with Gasteiger partial charge in [-0.2, -0.15) is 28.5 Å². The highest BCUT2D eigenvalue weighted by atomic mass is 32.2. The molecule has 18 heteroatoms. The average molecular weight is 1280 g/mol. The highest BCUT2D eigenvalue weighted by molar-refractivity contribution is 7.90. The van der Waals surface area contributed by atoms with E-state index in [4.69, 9.17) is 0 Å². The Balaban J connectivity index is 0.000000522. The summed E-state index contributed by atoms with van der Waals surface area (Å²) in [6.45, 7) is 51.7. The van der Waals surface area contributed by atoms with Gasteiger partial charge in [-0.3, -0.25) is 29.6 Å². The molecular formula is C73H105F5N10O2S. The topological polar surface area (TPSA) is 155 Å². The summed E-state index contributed by atoms with van der Waals surface area (Å²) in [7, 11) is -1.26. The zero-order valence-corrected chi connectivity index (χ0v) is 60.3. The Morgan fingerprint density at radius 1 is 0.407 bits per heavy atom. The van der Waals surface area contributed by atoms with Crippen LogP contribution in [0.1, 0.15) is 223 Å². The van der Waals surface area contributed by atoms with Crippen molar-refractivity contribution >= 4 is 9.84 Å². The highest BCUT2D eigenvalue weighted by Crippen LogP contribution is 2.30. The second-order valence-electron chi connectivity index (χ2n) is 30.1. The highest BCUT2D eigenvalue weighted by Gasteiger charge is 2.32. The summed E-state index contributed by atoms with van der Waals surface area (Å²) in [5.41, 5.74) is 8.14. The summed E-state index contributed by atoms with van der Waals surface area (Å²) in [5.74, 6) is -0.502. The second kappa shape index (κ2) is 33.9. The predicted octanol–water partition coefficient (Wildman–Crippen LogP) is 18.8. The van der Waals surface area contributed by atoms with Gasteiger partial charge in [-0.25, -0.2) is 22.2 Å². The van der Waals surface area contributed by atoms with Gasteiger partial charge in [-0.05, 0) is 108 Å². The van der Waals surface area contributed by atoms with Gasteiger partial charge in [0.2, 0.25) is 0 Å². The van der Waals surface area contributed by atoms with E-state index in [1.807, 2.05) is 151 Å². The fourth-order valence-corrected chi connectivity index (χ4v) is 7.67. The molecule has 12 nitrogen and oxygen atoms in total. The van der Waals surface area contributed by atoms with Crippen LogP contribution in [-0.4, -0.2) is 64.6 Å². The molecule has 0 aliphatic heterocycles. The largest absolute Gasteiger partial charge is 0.433 e. The molecule has 0 N–H and O–H groups in total. The number of hydrogen-bond acceptors (Lipinski definition) is 11. The molecule has 0 spiro atoms. The van der Waals surface area contributed by atoms with Crippen molar-refractivity contribution in [1.29, 1.82) is 0 Å². The first-order valence-corrected chi connectivity index (χ1v) is 32.1. The molecule has 0 aliphatic rings. The molecule has 0 bridgehead atoms. The lowest BCUT2D eigenvalue weighted by molar-refractivity contribution is -0.141. The van der Waals surface area contributed by atoms with Crippen LogP contribution in [0.2, 0.25) is 0 Å². The third-order valence-corrected chi connectivity index (χ3v) is 13.7. The SMILES string of the molecule is CC(C)(C)c1ccc(C(F)(F)F)nc1.CC(C)(C)c1ccc(F)cn1.CC(C)(C)c1cccc(S(C)(=O)=O)n1.CC(C)(C)c1ccccn1.CC(C)(C)c1cccnn1.CC(C)(C)c1ncccc1F.Cc1cccc(C(C)(C)C)n1.Cn1cc(C(C)(C)C)cn1. The number of halogens is 5. The Morgan fingerprint density at radius 3 is 1.19 bits per heavy atom. The molecule has 0 fully saturated rings. The summed E-state index contributed by atoms with van der Waals surface area (Å²) < 4.78 is 86.2. The zero-order valence-electron chi connectivity index (χ0n) is 59.4. The van der Waals surface area contributed by atoms with Crippen molar-refractivity contribution in [3.05, 3.63) is 215 Å². The Morgan fingerprint density at radius 2 is 0.868 bits per heavy atom. The quantitative estimate of drug-likeness (QED) is 0.144. The van der Waals surface area contributed by atoms with Crippen LogP contribution >= 0.6 is 0 Å². The third-order valence-electron chi connectivity index (χ3n) is 12.8. The van der Waals surface area contributed by atoms with Gasteiger partial charge in [0.25, 0.3) is 0 Å². The summed E-state index contributed by atoms with van der Waals surface area (Å²) in [6.07, 6.45) is 8.46. The van der Waals surface area contributed by atoms with E-state index in [2.05, 4.69) is 153 Å². The summed E-state index contributed by atoms with van der Waals surface area (Å²) in [4.78, 5) is 24.2. The summed E-state index contributed by atoms with van der Waals surface area (Å²) in [5, 5.41) is 12.0. The van der Waals surface area contributed by atoms with E-state index in [1.165, 1.54) is 48.5 Å². The monoisotopic (exact) mass is 1280 g/mol. The molecule has 8 aromatic heterocycles. The fourth-order valence-electron chi connectivity index (χ4n) is 7.08. The predicted molar refractivity (Wildman–Crippen MR) is 363 cm³/mol. The van der Waals surface area contributed by atoms with E-state index in [9.17, 15) is 30.4 Å². The zero-order chi connectivity index (χ0) is 70.4. The van der Waals surface area contributed by atoms with Gasteiger partial charge in [0, 0.05) is 105 Å². The van der Waals surface area contributed by atoms with Crippen molar-refractivity contribution in [3.8, 4) is 0 Å². The first kappa shape index (κ1) is 81.8. The molecule has 0 radical (unpaired) electrons. The van der Waals surface area contributed by atoms with E-state index in [-0.39, 0.29) is 60.0 Å². The second-order valence-corrected chi connectivity index (χ2v) is 32.1. The van der Waals surface area contributed by atoms with Crippen molar-refractivity contribution in [3.63, 3.8) is 0 Å². The van der Waals surface area contributed by atoms with Crippen LogP contribution in [-0.2, 0) is 66.4 Å². The lowest BCUT2D eigenvalue weighted by Gasteiger charge is -2.18. The lowest BCUT2D eigenvalue weighted by Crippen LogP contribution is -2.15. The Bertz CT molecular complexity index is 3400. The molecule has 0 unspecified atom stereocenters. The molecule has 0 aliphatic carbocycles. The molecule has 91 heavy (non-hydrogen) atoms. The van der Waals surface area contributed by atoms with Crippen molar-refractivity contribution < 1.29 is 30.4 Å². The molecule has 0 atom stereocenters. The summed E-state index contributed by atoms with van der Waals surface area (Å²) in [6, 6.07) is 29.8. The molecule has 0 saturated carbocycles. The fraction of sp³-hybridized carbons (Fsp3) is 0.493. The number of rotatable bonds is 1. The van der Waals surface area contributed by atoms with Gasteiger partial charge in [-0.15, -0.1) is 0 Å². The molecular weight excluding hydrogens is 1180 g/mol. The van der Waals surface area contributed by atoms with Crippen molar-refractivity contribution in [1.82, 2.24) is 49.9 Å². The molecule has 500 valence electrons. The number of pyridine rings is 6. The Hall–Kier alpha value is -7.21. The average Bonchev–Trinajstić information content (AvgIpc) is 2.24. The van der Waals surface area contributed by atoms with Gasteiger partial charge in [0.15, 0.2) is 14.9 Å². The van der Waals surface area contributed by atoms with E-state index in [0.717, 1.165) is 45.8 Å². The van der Waals surface area contributed by atoms with Crippen LogP contribution < -0.4 is 0 Å². The Labute approximate surface area is 543 Å². The smallest absolute Gasteiger partial charge is 0.276 e. The van der Waals surface area contributed by atoms with Gasteiger partial charge in [0.05, 0.1) is 23.8 Å². The molecule has 8 aromatic rings. The van der Waals surface area contributed by atoms with Gasteiger partial charge >= 0.3 is 6.18 Å². The first-order chi connectivity index (χ1) is 41.1. The molecule has 8 rings (SSSR count). The minimum atomic E-state index is -4.35. The number of alkyl halides is 3. The van der Waals surface area contributed by atoms with E-state index < -0.39 is 21.7 Å². The molecule has 8 heterocycles. The Kier molecular flexibility index (Phi) is 30.5. The molecule has 0 saturated heterocycles. The third kappa shape index (κ3) is 32.6. The van der Waals surface area contributed by atoms with Crippen LogP contribution in [0.4, 0.5) is 22.0 Å². The van der Waals surface area contributed by atoms with Crippen LogP contribution in [0.25, 0.3) is 0 Å². The normalized spacial score (nSPS) is 12.0. The number of nitrogens with zero attached hydrogens (tertiary/aromatic N) is 10. The number of aromatic nitrogens is 10. The minimum absolute atomic E-state index is 0.00764.